The van der Waals surface area contributed by atoms with Crippen LogP contribution in [0.15, 0.2) is 109 Å². The number of ether oxygens (including phenoxy) is 1. The van der Waals surface area contributed by atoms with E-state index in [9.17, 15) is 9.59 Å². The molecule has 0 unspecified atom stereocenters. The van der Waals surface area contributed by atoms with E-state index in [4.69, 9.17) is 16.3 Å². The molecular weight excluding hydrogens is 484 g/mol. The summed E-state index contributed by atoms with van der Waals surface area (Å²) in [4.78, 5) is 29.2. The summed E-state index contributed by atoms with van der Waals surface area (Å²) in [6.45, 7) is 0.514. The highest BCUT2D eigenvalue weighted by Gasteiger charge is 2.31. The van der Waals surface area contributed by atoms with Gasteiger partial charge < -0.3 is 15.0 Å². The van der Waals surface area contributed by atoms with Crippen molar-refractivity contribution < 1.29 is 14.3 Å². The Morgan fingerprint density at radius 3 is 2.08 bits per heavy atom. The third-order valence-electron chi connectivity index (χ3n) is 6.12. The molecule has 0 aliphatic rings. The number of carbonyl (C=O) groups is 2. The van der Waals surface area contributed by atoms with Crippen LogP contribution in [0.5, 0.6) is 5.75 Å². The van der Waals surface area contributed by atoms with Crippen LogP contribution in [0.2, 0.25) is 5.02 Å². The molecule has 0 saturated heterocycles. The molecule has 0 radical (unpaired) electrons. The van der Waals surface area contributed by atoms with Gasteiger partial charge in [0.25, 0.3) is 0 Å². The first-order valence-corrected chi connectivity index (χ1v) is 12.5. The molecule has 4 aromatic carbocycles. The van der Waals surface area contributed by atoms with Gasteiger partial charge in [0.1, 0.15) is 11.8 Å². The zero-order chi connectivity index (χ0) is 26.0. The maximum Gasteiger partial charge on any atom is 0.247 e. The first-order valence-electron chi connectivity index (χ1n) is 12.1. The second-order valence-corrected chi connectivity index (χ2v) is 9.06. The first-order chi connectivity index (χ1) is 18.0. The Bertz CT molecular complexity index is 1310. The van der Waals surface area contributed by atoms with Crippen molar-refractivity contribution in [2.24, 2.45) is 0 Å². The Balaban J connectivity index is 1.67. The molecule has 1 N–H and O–H groups in total. The van der Waals surface area contributed by atoms with Gasteiger partial charge in [0.2, 0.25) is 11.8 Å². The minimum atomic E-state index is -0.831. The number of methoxy groups -OCH3 is 1. The third kappa shape index (κ3) is 6.99. The molecule has 0 fully saturated rings. The maximum atomic E-state index is 13.8. The SMILES string of the molecule is COc1ccc(CN(C(=O)Cc2ccccc2)[C@H](C(=O)NCc2ccccc2Cl)c2ccccc2)cc1. The molecule has 37 heavy (non-hydrogen) atoms. The van der Waals surface area contributed by atoms with Crippen LogP contribution in [0.3, 0.4) is 0 Å². The molecule has 0 aliphatic carbocycles. The number of amides is 2. The van der Waals surface area contributed by atoms with E-state index in [0.29, 0.717) is 5.02 Å². The van der Waals surface area contributed by atoms with Gasteiger partial charge in [-0.2, -0.15) is 0 Å². The fourth-order valence-corrected chi connectivity index (χ4v) is 4.35. The Labute approximate surface area is 222 Å². The van der Waals surface area contributed by atoms with Gasteiger partial charge in [-0.3, -0.25) is 9.59 Å². The van der Waals surface area contributed by atoms with Gasteiger partial charge in [-0.05, 0) is 40.5 Å². The molecule has 0 spiro atoms. The lowest BCUT2D eigenvalue weighted by molar-refractivity contribution is -0.141. The van der Waals surface area contributed by atoms with Crippen molar-refractivity contribution in [3.8, 4) is 5.75 Å². The number of benzene rings is 4. The van der Waals surface area contributed by atoms with E-state index in [1.54, 1.807) is 18.1 Å². The minimum absolute atomic E-state index is 0.149. The molecule has 5 nitrogen and oxygen atoms in total. The summed E-state index contributed by atoms with van der Waals surface area (Å²) in [6.07, 6.45) is 0.179. The zero-order valence-corrected chi connectivity index (χ0v) is 21.4. The number of hydrogen-bond donors (Lipinski definition) is 1. The summed E-state index contributed by atoms with van der Waals surface area (Å²) in [6, 6.07) is 33.0. The summed E-state index contributed by atoms with van der Waals surface area (Å²) in [5.41, 5.74) is 3.31. The normalized spacial score (nSPS) is 11.4. The van der Waals surface area contributed by atoms with Crippen LogP contribution in [-0.2, 0) is 29.1 Å². The smallest absolute Gasteiger partial charge is 0.247 e. The maximum absolute atomic E-state index is 13.8. The Hall–Kier alpha value is -4.09. The highest BCUT2D eigenvalue weighted by molar-refractivity contribution is 6.31. The summed E-state index contributed by atoms with van der Waals surface area (Å²) < 4.78 is 5.28. The van der Waals surface area contributed by atoms with Crippen LogP contribution < -0.4 is 10.1 Å². The molecule has 4 rings (SSSR count). The van der Waals surface area contributed by atoms with Crippen LogP contribution in [0, 0.1) is 0 Å². The van der Waals surface area contributed by atoms with Crippen LogP contribution in [-0.4, -0.2) is 23.8 Å². The molecule has 2 amide bonds. The van der Waals surface area contributed by atoms with E-state index in [1.807, 2.05) is 103 Å². The zero-order valence-electron chi connectivity index (χ0n) is 20.6. The van der Waals surface area contributed by atoms with Crippen molar-refractivity contribution in [2.45, 2.75) is 25.6 Å². The van der Waals surface area contributed by atoms with Gasteiger partial charge in [-0.1, -0.05) is 103 Å². The highest BCUT2D eigenvalue weighted by Crippen LogP contribution is 2.26. The van der Waals surface area contributed by atoms with Gasteiger partial charge in [0.05, 0.1) is 13.5 Å². The minimum Gasteiger partial charge on any atom is -0.497 e. The molecule has 1 atom stereocenters. The lowest BCUT2D eigenvalue weighted by Crippen LogP contribution is -2.43. The van der Waals surface area contributed by atoms with E-state index in [2.05, 4.69) is 5.32 Å². The molecule has 0 saturated carbocycles. The number of rotatable bonds is 10. The lowest BCUT2D eigenvalue weighted by atomic mass is 10.0. The molecular formula is C31H29ClN2O3. The van der Waals surface area contributed by atoms with Gasteiger partial charge >= 0.3 is 0 Å². The number of halogens is 1. The molecule has 6 heteroatoms. The monoisotopic (exact) mass is 512 g/mol. The molecule has 0 aliphatic heterocycles. The number of nitrogens with zero attached hydrogens (tertiary/aromatic N) is 1. The van der Waals surface area contributed by atoms with Crippen LogP contribution >= 0.6 is 11.6 Å². The number of carbonyl (C=O) groups excluding carboxylic acids is 2. The van der Waals surface area contributed by atoms with Gasteiger partial charge in [-0.15, -0.1) is 0 Å². The standard InChI is InChI=1S/C31H29ClN2O3/c1-37-27-18-16-24(17-19-27)22-34(29(35)20-23-10-4-2-5-11-23)30(25-12-6-3-7-13-25)31(36)33-21-26-14-8-9-15-28(26)32/h2-19,30H,20-22H2,1H3,(H,33,36)/t30-/m0/s1. The predicted octanol–water partition coefficient (Wildman–Crippen LogP) is 5.98. The molecule has 0 heterocycles. The molecule has 4 aromatic rings. The molecule has 188 valence electrons. The van der Waals surface area contributed by atoms with Crippen molar-refractivity contribution in [3.05, 3.63) is 136 Å². The van der Waals surface area contributed by atoms with Crippen molar-refractivity contribution in [1.82, 2.24) is 10.2 Å². The number of nitrogens with one attached hydrogen (secondary N) is 1. The topological polar surface area (TPSA) is 58.6 Å². The summed E-state index contributed by atoms with van der Waals surface area (Å²) in [5, 5.41) is 3.58. The number of hydrogen-bond acceptors (Lipinski definition) is 3. The van der Waals surface area contributed by atoms with E-state index < -0.39 is 6.04 Å². The predicted molar refractivity (Wildman–Crippen MR) is 146 cm³/mol. The average Bonchev–Trinajstić information content (AvgIpc) is 2.93. The second-order valence-electron chi connectivity index (χ2n) is 8.65. The van der Waals surface area contributed by atoms with Gasteiger partial charge in [0.15, 0.2) is 0 Å². The van der Waals surface area contributed by atoms with E-state index in [1.165, 1.54) is 0 Å². The van der Waals surface area contributed by atoms with Crippen LogP contribution in [0.1, 0.15) is 28.3 Å². The van der Waals surface area contributed by atoms with Crippen molar-refractivity contribution >= 4 is 23.4 Å². The Morgan fingerprint density at radius 1 is 0.811 bits per heavy atom. The van der Waals surface area contributed by atoms with Gasteiger partial charge in [-0.25, -0.2) is 0 Å². The van der Waals surface area contributed by atoms with E-state index in [0.717, 1.165) is 28.0 Å². The van der Waals surface area contributed by atoms with Crippen molar-refractivity contribution in [1.29, 1.82) is 0 Å². The lowest BCUT2D eigenvalue weighted by Gasteiger charge is -2.32. The summed E-state index contributed by atoms with van der Waals surface area (Å²) in [7, 11) is 1.61. The largest absolute Gasteiger partial charge is 0.497 e. The Kier molecular flexibility index (Phi) is 8.95. The quantitative estimate of drug-likeness (QED) is 0.284. The highest BCUT2D eigenvalue weighted by atomic mass is 35.5. The average molecular weight is 513 g/mol. The van der Waals surface area contributed by atoms with Crippen molar-refractivity contribution in [2.75, 3.05) is 7.11 Å². The van der Waals surface area contributed by atoms with E-state index in [-0.39, 0.29) is 31.3 Å². The van der Waals surface area contributed by atoms with Crippen molar-refractivity contribution in [3.63, 3.8) is 0 Å². The molecule has 0 aromatic heterocycles. The first kappa shape index (κ1) is 26.0. The summed E-state index contributed by atoms with van der Waals surface area (Å²) >= 11 is 6.31. The van der Waals surface area contributed by atoms with Crippen LogP contribution in [0.25, 0.3) is 0 Å². The van der Waals surface area contributed by atoms with E-state index >= 15 is 0 Å². The Morgan fingerprint density at radius 2 is 1.43 bits per heavy atom. The second kappa shape index (κ2) is 12.7. The molecule has 0 bridgehead atoms. The third-order valence-corrected chi connectivity index (χ3v) is 6.49. The fourth-order valence-electron chi connectivity index (χ4n) is 4.15. The summed E-state index contributed by atoms with van der Waals surface area (Å²) in [5.74, 6) is 0.299. The van der Waals surface area contributed by atoms with Crippen LogP contribution in [0.4, 0.5) is 0 Å². The van der Waals surface area contributed by atoms with Gasteiger partial charge in [0, 0.05) is 18.1 Å². The fraction of sp³-hybridized carbons (Fsp3) is 0.161.